The number of alkyl halides is 3. The van der Waals surface area contributed by atoms with Crippen molar-refractivity contribution in [1.29, 1.82) is 0 Å². The van der Waals surface area contributed by atoms with Crippen LogP contribution < -0.4 is 10.5 Å². The quantitative estimate of drug-likeness (QED) is 0.702. The van der Waals surface area contributed by atoms with Crippen LogP contribution in [0.4, 0.5) is 18.9 Å². The van der Waals surface area contributed by atoms with Gasteiger partial charge in [-0.15, -0.1) is 0 Å². The molecule has 0 amide bonds. The fourth-order valence-electron chi connectivity index (χ4n) is 2.05. The van der Waals surface area contributed by atoms with E-state index in [1.807, 2.05) is 0 Å². The Morgan fingerprint density at radius 3 is 2.36 bits per heavy atom. The predicted molar refractivity (Wildman–Crippen MR) is 77.7 cm³/mol. The zero-order valence-electron chi connectivity index (χ0n) is 11.3. The highest BCUT2D eigenvalue weighted by molar-refractivity contribution is 5.85. The average Bonchev–Trinajstić information content (AvgIpc) is 2.48. The minimum Gasteiger partial charge on any atom is -0.457 e. The van der Waals surface area contributed by atoms with Crippen molar-refractivity contribution in [3.63, 3.8) is 0 Å². The molecule has 2 aromatic carbocycles. The van der Waals surface area contributed by atoms with Gasteiger partial charge in [-0.05, 0) is 48.5 Å². The number of aromatic nitrogens is 1. The molecule has 0 aliphatic heterocycles. The standard InChI is InChI=1S/C16H11F3N2O/c17-16(18,19)10-1-6-14-13(9-10)15(7-8-21-14)22-12-4-2-11(20)3-5-12/h1-9H,20H2. The number of halogens is 3. The molecule has 6 heteroatoms. The van der Waals surface area contributed by atoms with E-state index in [1.54, 1.807) is 24.3 Å². The second-order valence-corrected chi connectivity index (χ2v) is 4.71. The van der Waals surface area contributed by atoms with Gasteiger partial charge in [-0.25, -0.2) is 0 Å². The maximum Gasteiger partial charge on any atom is 0.416 e. The molecule has 0 radical (unpaired) electrons. The van der Waals surface area contributed by atoms with Crippen molar-refractivity contribution in [2.24, 2.45) is 0 Å². The van der Waals surface area contributed by atoms with E-state index in [-0.39, 0.29) is 0 Å². The van der Waals surface area contributed by atoms with Crippen LogP contribution in [0.1, 0.15) is 5.56 Å². The Balaban J connectivity index is 2.06. The molecule has 0 aliphatic carbocycles. The second kappa shape index (κ2) is 5.22. The van der Waals surface area contributed by atoms with Gasteiger partial charge in [0.15, 0.2) is 0 Å². The molecule has 0 unspecified atom stereocenters. The highest BCUT2D eigenvalue weighted by atomic mass is 19.4. The van der Waals surface area contributed by atoms with Gasteiger partial charge in [0.25, 0.3) is 0 Å². The number of hydrogen-bond acceptors (Lipinski definition) is 3. The zero-order valence-corrected chi connectivity index (χ0v) is 11.3. The molecule has 0 aliphatic rings. The number of nitrogens with two attached hydrogens (primary N) is 1. The van der Waals surface area contributed by atoms with E-state index in [1.165, 1.54) is 18.3 Å². The molecule has 0 saturated carbocycles. The lowest BCUT2D eigenvalue weighted by Crippen LogP contribution is -2.04. The van der Waals surface area contributed by atoms with Crippen molar-refractivity contribution < 1.29 is 17.9 Å². The number of hydrogen-bond donors (Lipinski definition) is 1. The van der Waals surface area contributed by atoms with Crippen LogP contribution in [0.3, 0.4) is 0 Å². The number of nitrogen functional groups attached to an aromatic ring is 1. The van der Waals surface area contributed by atoms with Crippen LogP contribution >= 0.6 is 0 Å². The van der Waals surface area contributed by atoms with Gasteiger partial charge >= 0.3 is 6.18 Å². The summed E-state index contributed by atoms with van der Waals surface area (Å²) in [6.45, 7) is 0. The molecule has 0 fully saturated rings. The Morgan fingerprint density at radius 1 is 0.955 bits per heavy atom. The second-order valence-electron chi connectivity index (χ2n) is 4.71. The Hall–Kier alpha value is -2.76. The third-order valence-corrected chi connectivity index (χ3v) is 3.14. The summed E-state index contributed by atoms with van der Waals surface area (Å²) in [5, 5.41) is 0.300. The molecule has 3 nitrogen and oxygen atoms in total. The van der Waals surface area contributed by atoms with Gasteiger partial charge in [-0.3, -0.25) is 4.98 Å². The lowest BCUT2D eigenvalue weighted by Gasteiger charge is -2.11. The number of ether oxygens (including phenoxy) is 1. The first-order valence-corrected chi connectivity index (χ1v) is 6.43. The molecule has 0 spiro atoms. The molecule has 0 atom stereocenters. The van der Waals surface area contributed by atoms with Crippen LogP contribution in [-0.2, 0) is 6.18 Å². The van der Waals surface area contributed by atoms with Gasteiger partial charge in [-0.2, -0.15) is 13.2 Å². The Kier molecular flexibility index (Phi) is 3.36. The third-order valence-electron chi connectivity index (χ3n) is 3.14. The summed E-state index contributed by atoms with van der Waals surface area (Å²) < 4.78 is 44.2. The van der Waals surface area contributed by atoms with E-state index in [2.05, 4.69) is 4.98 Å². The maximum absolute atomic E-state index is 12.8. The van der Waals surface area contributed by atoms with E-state index in [9.17, 15) is 13.2 Å². The third kappa shape index (κ3) is 2.81. The summed E-state index contributed by atoms with van der Waals surface area (Å²) in [7, 11) is 0. The molecule has 2 N–H and O–H groups in total. The summed E-state index contributed by atoms with van der Waals surface area (Å²) in [5.74, 6) is 0.792. The van der Waals surface area contributed by atoms with E-state index in [4.69, 9.17) is 10.5 Å². The van der Waals surface area contributed by atoms with Crippen LogP contribution in [0.5, 0.6) is 11.5 Å². The molecule has 0 saturated heterocycles. The summed E-state index contributed by atoms with van der Waals surface area (Å²) >= 11 is 0. The van der Waals surface area contributed by atoms with Crippen LogP contribution in [-0.4, -0.2) is 4.98 Å². The number of fused-ring (bicyclic) bond motifs is 1. The van der Waals surface area contributed by atoms with Gasteiger partial charge < -0.3 is 10.5 Å². The highest BCUT2D eigenvalue weighted by Gasteiger charge is 2.30. The molecule has 0 bridgehead atoms. The number of nitrogens with zero attached hydrogens (tertiary/aromatic N) is 1. The highest BCUT2D eigenvalue weighted by Crippen LogP contribution is 2.35. The molecule has 1 aromatic heterocycles. The lowest BCUT2D eigenvalue weighted by atomic mass is 10.1. The average molecular weight is 304 g/mol. The molecule has 1 heterocycles. The first kappa shape index (κ1) is 14.2. The van der Waals surface area contributed by atoms with Gasteiger partial charge in [0.1, 0.15) is 11.5 Å². The van der Waals surface area contributed by atoms with Crippen molar-refractivity contribution >= 4 is 16.6 Å². The van der Waals surface area contributed by atoms with Gasteiger partial charge in [0, 0.05) is 17.3 Å². The van der Waals surface area contributed by atoms with Crippen LogP contribution in [0.25, 0.3) is 10.9 Å². The predicted octanol–water partition coefficient (Wildman–Crippen LogP) is 4.63. The van der Waals surface area contributed by atoms with Gasteiger partial charge in [-0.1, -0.05) is 0 Å². The molecule has 3 rings (SSSR count). The van der Waals surface area contributed by atoms with E-state index < -0.39 is 11.7 Å². The fourth-order valence-corrected chi connectivity index (χ4v) is 2.05. The van der Waals surface area contributed by atoms with Gasteiger partial charge in [0.2, 0.25) is 0 Å². The minimum absolute atomic E-state index is 0.300. The normalized spacial score (nSPS) is 11.6. The number of anilines is 1. The van der Waals surface area contributed by atoms with Crippen LogP contribution in [0.2, 0.25) is 0 Å². The zero-order chi connectivity index (χ0) is 15.7. The molecule has 3 aromatic rings. The maximum atomic E-state index is 12.8. The molecular weight excluding hydrogens is 293 g/mol. The Labute approximate surface area is 124 Å². The van der Waals surface area contributed by atoms with Crippen molar-refractivity contribution in [2.45, 2.75) is 6.18 Å². The topological polar surface area (TPSA) is 48.1 Å². The monoisotopic (exact) mass is 304 g/mol. The minimum atomic E-state index is -4.41. The molecule has 22 heavy (non-hydrogen) atoms. The number of rotatable bonds is 2. The number of pyridine rings is 1. The molecular formula is C16H11F3N2O. The summed E-state index contributed by atoms with van der Waals surface area (Å²) in [6.07, 6.45) is -2.93. The van der Waals surface area contributed by atoms with E-state index in [0.717, 1.165) is 12.1 Å². The summed E-state index contributed by atoms with van der Waals surface area (Å²) in [6, 6.07) is 11.5. The van der Waals surface area contributed by atoms with Crippen molar-refractivity contribution in [3.05, 3.63) is 60.3 Å². The summed E-state index contributed by atoms with van der Waals surface area (Å²) in [4.78, 5) is 4.05. The Morgan fingerprint density at radius 2 is 1.68 bits per heavy atom. The molecule has 112 valence electrons. The van der Waals surface area contributed by atoms with E-state index in [0.29, 0.717) is 28.1 Å². The van der Waals surface area contributed by atoms with Crippen molar-refractivity contribution in [1.82, 2.24) is 4.98 Å². The smallest absolute Gasteiger partial charge is 0.416 e. The lowest BCUT2D eigenvalue weighted by molar-refractivity contribution is -0.137. The first-order chi connectivity index (χ1) is 10.4. The van der Waals surface area contributed by atoms with Crippen LogP contribution in [0, 0.1) is 0 Å². The summed E-state index contributed by atoms with van der Waals surface area (Å²) in [5.41, 5.74) is 5.85. The van der Waals surface area contributed by atoms with E-state index >= 15 is 0 Å². The fraction of sp³-hybridized carbons (Fsp3) is 0.0625. The largest absolute Gasteiger partial charge is 0.457 e. The van der Waals surface area contributed by atoms with Crippen LogP contribution in [0.15, 0.2) is 54.7 Å². The van der Waals surface area contributed by atoms with Crippen molar-refractivity contribution in [3.8, 4) is 11.5 Å². The SMILES string of the molecule is Nc1ccc(Oc2ccnc3ccc(C(F)(F)F)cc23)cc1. The van der Waals surface area contributed by atoms with Crippen molar-refractivity contribution in [2.75, 3.05) is 5.73 Å². The Bertz CT molecular complexity index is 814. The first-order valence-electron chi connectivity index (χ1n) is 6.43. The number of benzene rings is 2. The van der Waals surface area contributed by atoms with Gasteiger partial charge in [0.05, 0.1) is 11.1 Å².